The number of benzene rings is 2. The van der Waals surface area contributed by atoms with Crippen LogP contribution in [0.25, 0.3) is 0 Å². The van der Waals surface area contributed by atoms with Crippen LogP contribution in [0.5, 0.6) is 0 Å². The lowest BCUT2D eigenvalue weighted by atomic mass is 10.1. The Morgan fingerprint density at radius 3 is 2.83 bits per heavy atom. The molecule has 3 N–H and O–H groups in total. The van der Waals surface area contributed by atoms with Gasteiger partial charge in [0.05, 0.1) is 0 Å². The molecular weight excluding hydrogens is 397 g/mol. The third kappa shape index (κ3) is 4.43. The lowest BCUT2D eigenvalue weighted by Gasteiger charge is -2.13. The van der Waals surface area contributed by atoms with Gasteiger partial charge in [-0.3, -0.25) is 14.7 Å². The summed E-state index contributed by atoms with van der Waals surface area (Å²) in [6.07, 6.45) is 1.43. The summed E-state index contributed by atoms with van der Waals surface area (Å²) in [5.74, 6) is -0.775. The zero-order valence-electron chi connectivity index (χ0n) is 15.2. The van der Waals surface area contributed by atoms with Gasteiger partial charge in [-0.05, 0) is 48.2 Å². The van der Waals surface area contributed by atoms with Gasteiger partial charge in [-0.2, -0.15) is 0 Å². The molecule has 3 aromatic rings. The number of hydrogen-bond acceptors (Lipinski definition) is 4. The summed E-state index contributed by atoms with van der Waals surface area (Å²) < 4.78 is 13.0. The molecule has 4 rings (SSSR count). The van der Waals surface area contributed by atoms with Crippen molar-refractivity contribution in [3.8, 4) is 0 Å². The summed E-state index contributed by atoms with van der Waals surface area (Å²) in [6, 6.07) is 10.6. The fraction of sp³-hybridized carbons (Fsp3) is 0.200. The quantitative estimate of drug-likeness (QED) is 0.612. The first-order valence-corrected chi connectivity index (χ1v) is 9.41. The molecule has 0 bridgehead atoms. The number of H-pyrrole nitrogens is 1. The zero-order valence-corrected chi connectivity index (χ0v) is 16.0. The second-order valence-electron chi connectivity index (χ2n) is 6.76. The van der Waals surface area contributed by atoms with Crippen LogP contribution in [-0.2, 0) is 17.6 Å². The van der Waals surface area contributed by atoms with Crippen LogP contribution in [0.1, 0.15) is 34.0 Å². The minimum atomic E-state index is -0.715. The predicted molar refractivity (Wildman–Crippen MR) is 105 cm³/mol. The molecule has 7 nitrogen and oxygen atoms in total. The number of hydrogen-bond donors (Lipinski definition) is 3. The van der Waals surface area contributed by atoms with Gasteiger partial charge in [0.25, 0.3) is 5.91 Å². The van der Waals surface area contributed by atoms with Crippen molar-refractivity contribution in [1.82, 2.24) is 20.5 Å². The number of fused-ring (bicyclic) bond motifs is 1. The van der Waals surface area contributed by atoms with Crippen molar-refractivity contribution >= 4 is 29.1 Å². The summed E-state index contributed by atoms with van der Waals surface area (Å²) in [7, 11) is 0. The molecule has 0 spiro atoms. The summed E-state index contributed by atoms with van der Waals surface area (Å²) >= 11 is 5.99. The van der Waals surface area contributed by atoms with Crippen molar-refractivity contribution in [3.05, 3.63) is 76.1 Å². The Morgan fingerprint density at radius 1 is 1.24 bits per heavy atom. The van der Waals surface area contributed by atoms with Crippen LogP contribution in [0.3, 0.4) is 0 Å². The Kier molecular flexibility index (Phi) is 5.26. The number of rotatable bonds is 4. The fourth-order valence-electron chi connectivity index (χ4n) is 3.17. The van der Waals surface area contributed by atoms with Crippen LogP contribution in [0, 0.1) is 5.82 Å². The first kappa shape index (κ1) is 19.1. The van der Waals surface area contributed by atoms with Gasteiger partial charge in [0.15, 0.2) is 0 Å². The predicted octanol–water partition coefficient (Wildman–Crippen LogP) is 2.87. The standard InChI is InChI=1S/C20H17ClFN5O2/c21-13-5-3-12-4-8-15(19(28)24-16(12)10-13)23-20(29)18-25-17(26-27-18)9-11-1-6-14(22)7-2-11/h1-3,5-7,10,15H,4,8-9H2,(H,23,29)(H,24,28)(H,25,26,27). The van der Waals surface area contributed by atoms with E-state index in [-0.39, 0.29) is 17.5 Å². The molecule has 1 aromatic heterocycles. The maximum atomic E-state index is 13.0. The Morgan fingerprint density at radius 2 is 2.03 bits per heavy atom. The number of aromatic amines is 1. The summed E-state index contributed by atoms with van der Waals surface area (Å²) in [6.45, 7) is 0. The highest BCUT2D eigenvalue weighted by molar-refractivity contribution is 6.31. The average molecular weight is 414 g/mol. The molecule has 148 valence electrons. The number of carbonyl (C=O) groups is 2. The van der Waals surface area contributed by atoms with Gasteiger partial charge in [0.2, 0.25) is 11.7 Å². The van der Waals surface area contributed by atoms with Crippen LogP contribution in [0.15, 0.2) is 42.5 Å². The van der Waals surface area contributed by atoms with E-state index in [1.165, 1.54) is 12.1 Å². The number of anilines is 1. The maximum Gasteiger partial charge on any atom is 0.291 e. The highest BCUT2D eigenvalue weighted by Crippen LogP contribution is 2.25. The number of nitrogens with zero attached hydrogens (tertiary/aromatic N) is 2. The first-order valence-electron chi connectivity index (χ1n) is 9.04. The van der Waals surface area contributed by atoms with E-state index in [1.54, 1.807) is 24.3 Å². The molecule has 0 aliphatic carbocycles. The Hall–Kier alpha value is -3.26. The van der Waals surface area contributed by atoms with Gasteiger partial charge in [-0.15, -0.1) is 5.10 Å². The van der Waals surface area contributed by atoms with Crippen LogP contribution >= 0.6 is 11.6 Å². The average Bonchev–Trinajstić information content (AvgIpc) is 3.10. The molecule has 1 atom stereocenters. The van der Waals surface area contributed by atoms with E-state index in [0.29, 0.717) is 35.8 Å². The molecule has 1 aliphatic heterocycles. The van der Waals surface area contributed by atoms with Crippen LogP contribution in [-0.4, -0.2) is 33.0 Å². The summed E-state index contributed by atoms with van der Waals surface area (Å²) in [5, 5.41) is 12.6. The van der Waals surface area contributed by atoms with E-state index in [1.807, 2.05) is 6.07 Å². The Bertz CT molecular complexity index is 1070. The van der Waals surface area contributed by atoms with E-state index in [4.69, 9.17) is 11.6 Å². The van der Waals surface area contributed by atoms with Gasteiger partial charge < -0.3 is 10.6 Å². The molecule has 1 unspecified atom stereocenters. The molecule has 0 fully saturated rings. The van der Waals surface area contributed by atoms with Gasteiger partial charge in [0, 0.05) is 17.1 Å². The lowest BCUT2D eigenvalue weighted by molar-refractivity contribution is -0.118. The van der Waals surface area contributed by atoms with Crippen molar-refractivity contribution in [2.24, 2.45) is 0 Å². The Balaban J connectivity index is 1.41. The SMILES string of the molecule is O=C(NC1CCc2ccc(Cl)cc2NC1=O)c1n[nH]c(Cc2ccc(F)cc2)n1. The second-order valence-corrected chi connectivity index (χ2v) is 7.20. The smallest absolute Gasteiger partial charge is 0.291 e. The van der Waals surface area contributed by atoms with Gasteiger partial charge >= 0.3 is 0 Å². The van der Waals surface area contributed by atoms with E-state index >= 15 is 0 Å². The molecule has 2 amide bonds. The number of aromatic nitrogens is 3. The normalized spacial score (nSPS) is 15.9. The lowest BCUT2D eigenvalue weighted by Crippen LogP contribution is -2.43. The Labute approximate surface area is 170 Å². The number of amides is 2. The van der Waals surface area contributed by atoms with E-state index < -0.39 is 11.9 Å². The number of carbonyl (C=O) groups excluding carboxylic acids is 2. The summed E-state index contributed by atoms with van der Waals surface area (Å²) in [4.78, 5) is 29.2. The second kappa shape index (κ2) is 8.00. The van der Waals surface area contributed by atoms with Crippen molar-refractivity contribution in [3.63, 3.8) is 0 Å². The molecular formula is C20H17ClFN5O2. The van der Waals surface area contributed by atoms with Gasteiger partial charge in [-0.1, -0.05) is 29.8 Å². The van der Waals surface area contributed by atoms with Crippen LogP contribution in [0.4, 0.5) is 10.1 Å². The molecule has 29 heavy (non-hydrogen) atoms. The fourth-order valence-corrected chi connectivity index (χ4v) is 3.34. The van der Waals surface area contributed by atoms with Crippen molar-refractivity contribution in [1.29, 1.82) is 0 Å². The molecule has 1 aliphatic rings. The molecule has 9 heteroatoms. The first-order chi connectivity index (χ1) is 14.0. The van der Waals surface area contributed by atoms with Gasteiger partial charge in [-0.25, -0.2) is 9.37 Å². The van der Waals surface area contributed by atoms with Crippen molar-refractivity contribution in [2.45, 2.75) is 25.3 Å². The topological polar surface area (TPSA) is 99.8 Å². The molecule has 0 saturated carbocycles. The molecule has 0 saturated heterocycles. The monoisotopic (exact) mass is 413 g/mol. The van der Waals surface area contributed by atoms with Gasteiger partial charge in [0.1, 0.15) is 17.7 Å². The number of nitrogens with one attached hydrogen (secondary N) is 3. The van der Waals surface area contributed by atoms with E-state index in [0.717, 1.165) is 11.1 Å². The third-order valence-electron chi connectivity index (χ3n) is 4.67. The maximum absolute atomic E-state index is 13.0. The summed E-state index contributed by atoms with van der Waals surface area (Å²) in [5.41, 5.74) is 2.44. The minimum Gasteiger partial charge on any atom is -0.337 e. The molecule has 2 aromatic carbocycles. The van der Waals surface area contributed by atoms with Crippen molar-refractivity contribution < 1.29 is 14.0 Å². The minimum absolute atomic E-state index is 0.0558. The third-order valence-corrected chi connectivity index (χ3v) is 4.91. The largest absolute Gasteiger partial charge is 0.337 e. The van der Waals surface area contributed by atoms with Crippen molar-refractivity contribution in [2.75, 3.05) is 5.32 Å². The van der Waals surface area contributed by atoms with E-state index in [2.05, 4.69) is 25.8 Å². The zero-order chi connectivity index (χ0) is 20.4. The highest BCUT2D eigenvalue weighted by atomic mass is 35.5. The number of halogens is 2. The molecule has 2 heterocycles. The van der Waals surface area contributed by atoms with Crippen LogP contribution < -0.4 is 10.6 Å². The van der Waals surface area contributed by atoms with Crippen LogP contribution in [0.2, 0.25) is 5.02 Å². The number of aryl methyl sites for hydroxylation is 1. The van der Waals surface area contributed by atoms with E-state index in [9.17, 15) is 14.0 Å². The highest BCUT2D eigenvalue weighted by Gasteiger charge is 2.27. The molecule has 0 radical (unpaired) electrons.